The molecule has 0 aliphatic rings. The van der Waals surface area contributed by atoms with Crippen LogP contribution in [0.5, 0.6) is 0 Å². The van der Waals surface area contributed by atoms with Gasteiger partial charge in [0.15, 0.2) is 0 Å². The Bertz CT molecular complexity index is 719. The molecule has 0 aliphatic carbocycles. The van der Waals surface area contributed by atoms with E-state index < -0.39 is 10.0 Å². The molecule has 1 N–H and O–H groups in total. The Morgan fingerprint density at radius 2 is 1.70 bits per heavy atom. The average Bonchev–Trinajstić information content (AvgIpc) is 2.38. The molecule has 0 saturated carbocycles. The molecule has 0 saturated heterocycles. The van der Waals surface area contributed by atoms with Crippen molar-refractivity contribution < 1.29 is 8.42 Å². The molecule has 0 heterocycles. The molecule has 0 fully saturated rings. The first-order chi connectivity index (χ1) is 9.42. The summed E-state index contributed by atoms with van der Waals surface area (Å²) in [6.07, 6.45) is 0. The number of hydrogen-bond acceptors (Lipinski definition) is 2. The SMILES string of the molecule is C[C@H](NS(=O)(=O)c1ccccc1Cl)c1ccccc1Br. The molecule has 106 valence electrons. The van der Waals surface area contributed by atoms with Crippen molar-refractivity contribution in [1.82, 2.24) is 4.72 Å². The number of benzene rings is 2. The van der Waals surface area contributed by atoms with Gasteiger partial charge in [0.05, 0.1) is 5.02 Å². The lowest BCUT2D eigenvalue weighted by Crippen LogP contribution is -2.27. The van der Waals surface area contributed by atoms with E-state index in [0.717, 1.165) is 10.0 Å². The minimum atomic E-state index is -3.66. The van der Waals surface area contributed by atoms with Crippen LogP contribution in [0.2, 0.25) is 5.02 Å². The van der Waals surface area contributed by atoms with Crippen molar-refractivity contribution in [3.8, 4) is 0 Å². The van der Waals surface area contributed by atoms with Gasteiger partial charge in [-0.2, -0.15) is 0 Å². The molecule has 0 amide bonds. The Morgan fingerprint density at radius 1 is 1.10 bits per heavy atom. The summed E-state index contributed by atoms with van der Waals surface area (Å²) in [6.45, 7) is 1.79. The van der Waals surface area contributed by atoms with Crippen molar-refractivity contribution in [2.75, 3.05) is 0 Å². The van der Waals surface area contributed by atoms with Crippen molar-refractivity contribution in [2.45, 2.75) is 17.9 Å². The Labute approximate surface area is 132 Å². The molecule has 0 unspecified atom stereocenters. The molecule has 2 aromatic rings. The summed E-state index contributed by atoms with van der Waals surface area (Å²) in [5.74, 6) is 0. The van der Waals surface area contributed by atoms with Gasteiger partial charge in [-0.05, 0) is 30.7 Å². The quantitative estimate of drug-likeness (QED) is 0.874. The highest BCUT2D eigenvalue weighted by Gasteiger charge is 2.21. The largest absolute Gasteiger partial charge is 0.242 e. The van der Waals surface area contributed by atoms with E-state index in [2.05, 4.69) is 20.7 Å². The van der Waals surface area contributed by atoms with Crippen molar-refractivity contribution in [3.63, 3.8) is 0 Å². The van der Waals surface area contributed by atoms with E-state index in [1.54, 1.807) is 25.1 Å². The van der Waals surface area contributed by atoms with Crippen LogP contribution in [-0.4, -0.2) is 8.42 Å². The lowest BCUT2D eigenvalue weighted by Gasteiger charge is -2.16. The minimum Gasteiger partial charge on any atom is -0.207 e. The summed E-state index contributed by atoms with van der Waals surface area (Å²) in [5, 5.41) is 0.208. The summed E-state index contributed by atoms with van der Waals surface area (Å²) in [6, 6.07) is 13.5. The Balaban J connectivity index is 2.30. The molecule has 0 bridgehead atoms. The van der Waals surface area contributed by atoms with Crippen LogP contribution in [0.15, 0.2) is 57.9 Å². The normalized spacial score (nSPS) is 13.2. The van der Waals surface area contributed by atoms with Crippen LogP contribution in [0.4, 0.5) is 0 Å². The van der Waals surface area contributed by atoms with E-state index in [1.807, 2.05) is 24.3 Å². The average molecular weight is 375 g/mol. The van der Waals surface area contributed by atoms with Crippen LogP contribution in [0.3, 0.4) is 0 Å². The monoisotopic (exact) mass is 373 g/mol. The van der Waals surface area contributed by atoms with Gasteiger partial charge in [-0.25, -0.2) is 13.1 Å². The fourth-order valence-electron chi connectivity index (χ4n) is 1.85. The predicted octanol–water partition coefficient (Wildman–Crippen LogP) is 4.14. The fraction of sp³-hybridized carbons (Fsp3) is 0.143. The van der Waals surface area contributed by atoms with Crippen LogP contribution in [0.1, 0.15) is 18.5 Å². The smallest absolute Gasteiger partial charge is 0.207 e. The lowest BCUT2D eigenvalue weighted by molar-refractivity contribution is 0.566. The molecule has 0 aliphatic heterocycles. The van der Waals surface area contributed by atoms with E-state index in [9.17, 15) is 8.42 Å². The molecule has 1 atom stereocenters. The summed E-state index contributed by atoms with van der Waals surface area (Å²) in [7, 11) is -3.66. The van der Waals surface area contributed by atoms with Gasteiger partial charge in [-0.3, -0.25) is 0 Å². The van der Waals surface area contributed by atoms with Gasteiger partial charge >= 0.3 is 0 Å². The van der Waals surface area contributed by atoms with Crippen LogP contribution in [0, 0.1) is 0 Å². The maximum absolute atomic E-state index is 12.3. The molecule has 0 aromatic heterocycles. The summed E-state index contributed by atoms with van der Waals surface area (Å²) in [4.78, 5) is 0.0839. The van der Waals surface area contributed by atoms with Crippen molar-refractivity contribution in [2.24, 2.45) is 0 Å². The fourth-order valence-corrected chi connectivity index (χ4v) is 4.22. The van der Waals surface area contributed by atoms with Crippen molar-refractivity contribution >= 4 is 37.6 Å². The second-order valence-corrected chi connectivity index (χ2v) is 7.24. The molecular formula is C14H13BrClNO2S. The number of hydrogen-bond donors (Lipinski definition) is 1. The topological polar surface area (TPSA) is 46.2 Å². The highest BCUT2D eigenvalue weighted by Crippen LogP contribution is 2.26. The molecule has 3 nitrogen and oxygen atoms in total. The van der Waals surface area contributed by atoms with Crippen LogP contribution >= 0.6 is 27.5 Å². The Morgan fingerprint density at radius 3 is 2.35 bits per heavy atom. The zero-order chi connectivity index (χ0) is 14.8. The van der Waals surface area contributed by atoms with Crippen molar-refractivity contribution in [1.29, 1.82) is 0 Å². The molecular weight excluding hydrogens is 362 g/mol. The van der Waals surface area contributed by atoms with Gasteiger partial charge in [-0.15, -0.1) is 0 Å². The molecule has 6 heteroatoms. The Hall–Kier alpha value is -0.880. The second-order valence-electron chi connectivity index (χ2n) is 4.29. The Kier molecular flexibility index (Phi) is 4.86. The van der Waals surface area contributed by atoms with E-state index in [-0.39, 0.29) is 16.0 Å². The third-order valence-corrected chi connectivity index (χ3v) is 5.59. The number of sulfonamides is 1. The van der Waals surface area contributed by atoms with E-state index in [1.165, 1.54) is 6.07 Å². The molecule has 0 radical (unpaired) electrons. The number of rotatable bonds is 4. The standard InChI is InChI=1S/C14H13BrClNO2S/c1-10(11-6-2-3-7-12(11)15)17-20(18,19)14-9-5-4-8-13(14)16/h2-10,17H,1H3/t10-/m0/s1. The van der Waals surface area contributed by atoms with Crippen molar-refractivity contribution in [3.05, 3.63) is 63.6 Å². The highest BCUT2D eigenvalue weighted by molar-refractivity contribution is 9.10. The maximum atomic E-state index is 12.3. The number of nitrogens with one attached hydrogen (secondary N) is 1. The van der Waals surface area contributed by atoms with Crippen LogP contribution < -0.4 is 4.72 Å². The first-order valence-electron chi connectivity index (χ1n) is 5.93. The number of halogens is 2. The van der Waals surface area contributed by atoms with Gasteiger partial charge in [0.2, 0.25) is 10.0 Å². The van der Waals surface area contributed by atoms with Crippen LogP contribution in [-0.2, 0) is 10.0 Å². The summed E-state index contributed by atoms with van der Waals surface area (Å²) in [5.41, 5.74) is 0.864. The maximum Gasteiger partial charge on any atom is 0.242 e. The second kappa shape index (κ2) is 6.26. The van der Waals surface area contributed by atoms with Gasteiger partial charge in [0, 0.05) is 10.5 Å². The first-order valence-corrected chi connectivity index (χ1v) is 8.58. The third-order valence-electron chi connectivity index (χ3n) is 2.83. The van der Waals surface area contributed by atoms with Gasteiger partial charge in [-0.1, -0.05) is 57.9 Å². The van der Waals surface area contributed by atoms with E-state index >= 15 is 0 Å². The molecule has 2 rings (SSSR count). The van der Waals surface area contributed by atoms with Gasteiger partial charge in [0.25, 0.3) is 0 Å². The summed E-state index contributed by atoms with van der Waals surface area (Å²) >= 11 is 9.36. The highest BCUT2D eigenvalue weighted by atomic mass is 79.9. The molecule has 2 aromatic carbocycles. The molecule has 20 heavy (non-hydrogen) atoms. The zero-order valence-electron chi connectivity index (χ0n) is 10.7. The van der Waals surface area contributed by atoms with Gasteiger partial charge < -0.3 is 0 Å². The van der Waals surface area contributed by atoms with Crippen LogP contribution in [0.25, 0.3) is 0 Å². The minimum absolute atomic E-state index is 0.0839. The lowest BCUT2D eigenvalue weighted by atomic mass is 10.1. The first kappa shape index (κ1) is 15.5. The summed E-state index contributed by atoms with van der Waals surface area (Å²) < 4.78 is 28.2. The zero-order valence-corrected chi connectivity index (χ0v) is 13.8. The predicted molar refractivity (Wildman–Crippen MR) is 84.3 cm³/mol. The van der Waals surface area contributed by atoms with E-state index in [0.29, 0.717) is 0 Å². The third kappa shape index (κ3) is 3.41. The molecule has 0 spiro atoms. The van der Waals surface area contributed by atoms with Gasteiger partial charge in [0.1, 0.15) is 4.90 Å². The van der Waals surface area contributed by atoms with E-state index in [4.69, 9.17) is 11.6 Å².